The first-order chi connectivity index (χ1) is 8.78. The molecule has 0 aliphatic heterocycles. The third-order valence-corrected chi connectivity index (χ3v) is 4.36. The smallest absolute Gasteiger partial charge is 0.135 e. The number of rotatable bonds is 2. The molecule has 0 bridgehead atoms. The summed E-state index contributed by atoms with van der Waals surface area (Å²) in [5, 5.41) is 5.88. The molecule has 2 aromatic rings. The van der Waals surface area contributed by atoms with Gasteiger partial charge in [-0.3, -0.25) is 4.68 Å². The minimum Gasteiger partial charge on any atom is -0.495 e. The van der Waals surface area contributed by atoms with E-state index in [-0.39, 0.29) is 0 Å². The molecule has 4 heteroatoms. The molecule has 1 fully saturated rings. The fourth-order valence-electron chi connectivity index (χ4n) is 2.73. The van der Waals surface area contributed by atoms with E-state index in [1.54, 1.807) is 7.11 Å². The van der Waals surface area contributed by atoms with Gasteiger partial charge in [0.25, 0.3) is 0 Å². The highest BCUT2D eigenvalue weighted by Crippen LogP contribution is 2.32. The van der Waals surface area contributed by atoms with Crippen LogP contribution in [0.4, 0.5) is 0 Å². The molecule has 96 valence electrons. The van der Waals surface area contributed by atoms with Gasteiger partial charge in [0.05, 0.1) is 23.1 Å². The number of hydrogen-bond acceptors (Lipinski definition) is 2. The van der Waals surface area contributed by atoms with Crippen molar-refractivity contribution >= 4 is 26.8 Å². The normalized spacial score (nSPS) is 17.2. The Bertz CT molecular complexity index is 558. The van der Waals surface area contributed by atoms with E-state index in [2.05, 4.69) is 32.9 Å². The molecule has 0 atom stereocenters. The highest BCUT2D eigenvalue weighted by molar-refractivity contribution is 9.10. The van der Waals surface area contributed by atoms with Gasteiger partial charge in [-0.05, 0) is 34.8 Å². The lowest BCUT2D eigenvalue weighted by Crippen LogP contribution is -2.12. The first kappa shape index (κ1) is 12.0. The van der Waals surface area contributed by atoms with Crippen molar-refractivity contribution in [2.75, 3.05) is 7.11 Å². The van der Waals surface area contributed by atoms with Crippen molar-refractivity contribution in [2.45, 2.75) is 38.1 Å². The number of hydrogen-bond donors (Lipinski definition) is 0. The number of halogens is 1. The molecule has 1 aliphatic rings. The first-order valence-corrected chi connectivity index (χ1v) is 7.29. The van der Waals surface area contributed by atoms with Gasteiger partial charge in [-0.25, -0.2) is 0 Å². The summed E-state index contributed by atoms with van der Waals surface area (Å²) in [4.78, 5) is 0. The van der Waals surface area contributed by atoms with Crippen molar-refractivity contribution in [2.24, 2.45) is 0 Å². The van der Waals surface area contributed by atoms with Gasteiger partial charge < -0.3 is 4.74 Å². The third kappa shape index (κ3) is 2.14. The van der Waals surface area contributed by atoms with E-state index < -0.39 is 0 Å². The largest absolute Gasteiger partial charge is 0.495 e. The van der Waals surface area contributed by atoms with Crippen molar-refractivity contribution in [3.63, 3.8) is 0 Å². The summed E-state index contributed by atoms with van der Waals surface area (Å²) in [7, 11) is 1.68. The molecule has 1 aromatic carbocycles. The highest BCUT2D eigenvalue weighted by atomic mass is 79.9. The van der Waals surface area contributed by atoms with Crippen LogP contribution < -0.4 is 4.74 Å². The molecule has 3 nitrogen and oxygen atoms in total. The fraction of sp³-hybridized carbons (Fsp3) is 0.500. The predicted molar refractivity (Wildman–Crippen MR) is 76.1 cm³/mol. The number of ether oxygens (including phenoxy) is 1. The van der Waals surface area contributed by atoms with E-state index in [1.165, 1.54) is 37.5 Å². The number of fused-ring (bicyclic) bond motifs is 1. The van der Waals surface area contributed by atoms with E-state index in [1.807, 2.05) is 6.07 Å². The predicted octanol–water partition coefficient (Wildman–Crippen LogP) is 4.31. The molecule has 0 spiro atoms. The van der Waals surface area contributed by atoms with Crippen molar-refractivity contribution in [3.8, 4) is 5.75 Å². The number of aromatic nitrogens is 2. The van der Waals surface area contributed by atoms with Crippen molar-refractivity contribution < 1.29 is 4.74 Å². The molecule has 18 heavy (non-hydrogen) atoms. The van der Waals surface area contributed by atoms with Crippen LogP contribution >= 0.6 is 15.9 Å². The summed E-state index contributed by atoms with van der Waals surface area (Å²) >= 11 is 3.52. The van der Waals surface area contributed by atoms with Crippen LogP contribution in [0, 0.1) is 0 Å². The lowest BCUT2D eigenvalue weighted by molar-refractivity contribution is 0.331. The summed E-state index contributed by atoms with van der Waals surface area (Å²) < 4.78 is 8.45. The molecule has 1 saturated carbocycles. The Morgan fingerprint density at radius 1 is 1.28 bits per heavy atom. The summed E-state index contributed by atoms with van der Waals surface area (Å²) in [5.74, 6) is 0.844. The quantitative estimate of drug-likeness (QED) is 0.826. The van der Waals surface area contributed by atoms with E-state index in [4.69, 9.17) is 9.84 Å². The Morgan fingerprint density at radius 2 is 2.06 bits per heavy atom. The van der Waals surface area contributed by atoms with Gasteiger partial charge in [-0.15, -0.1) is 0 Å². The van der Waals surface area contributed by atoms with Crippen LogP contribution in [0.3, 0.4) is 0 Å². The van der Waals surface area contributed by atoms with Crippen LogP contribution in [-0.2, 0) is 0 Å². The zero-order valence-electron chi connectivity index (χ0n) is 10.5. The fourth-order valence-corrected chi connectivity index (χ4v) is 3.26. The number of nitrogens with zero attached hydrogens (tertiary/aromatic N) is 2. The van der Waals surface area contributed by atoms with Crippen LogP contribution in [0.1, 0.15) is 38.1 Å². The SMILES string of the molecule is COc1cc2nn(C3CCCCC3)cc2cc1Br. The summed E-state index contributed by atoms with van der Waals surface area (Å²) in [6.07, 6.45) is 8.70. The minimum absolute atomic E-state index is 0.580. The minimum atomic E-state index is 0.580. The van der Waals surface area contributed by atoms with Crippen LogP contribution in [-0.4, -0.2) is 16.9 Å². The van der Waals surface area contributed by atoms with E-state index in [9.17, 15) is 0 Å². The van der Waals surface area contributed by atoms with Gasteiger partial charge in [0.2, 0.25) is 0 Å². The van der Waals surface area contributed by atoms with Crippen LogP contribution in [0.2, 0.25) is 0 Å². The Morgan fingerprint density at radius 3 is 2.78 bits per heavy atom. The van der Waals surface area contributed by atoms with Crippen LogP contribution in [0.25, 0.3) is 10.9 Å². The second-order valence-electron chi connectivity index (χ2n) is 4.95. The zero-order valence-corrected chi connectivity index (χ0v) is 12.1. The Kier molecular flexibility index (Phi) is 3.29. The van der Waals surface area contributed by atoms with Gasteiger partial charge in [-0.2, -0.15) is 5.10 Å². The van der Waals surface area contributed by atoms with Crippen LogP contribution in [0.15, 0.2) is 22.8 Å². The van der Waals surface area contributed by atoms with Crippen molar-refractivity contribution in [1.29, 1.82) is 0 Å². The molecule has 0 N–H and O–H groups in total. The third-order valence-electron chi connectivity index (χ3n) is 3.74. The first-order valence-electron chi connectivity index (χ1n) is 6.50. The average molecular weight is 309 g/mol. The maximum atomic E-state index is 5.31. The summed E-state index contributed by atoms with van der Waals surface area (Å²) in [5.41, 5.74) is 1.01. The molecule has 0 radical (unpaired) electrons. The Hall–Kier alpha value is -1.03. The molecule has 3 rings (SSSR count). The molecular weight excluding hydrogens is 292 g/mol. The topological polar surface area (TPSA) is 27.1 Å². The standard InChI is InChI=1S/C14H17BrN2O/c1-18-14-8-13-10(7-12(14)15)9-17(16-13)11-5-3-2-4-6-11/h7-9,11H,2-6H2,1H3. The molecular formula is C14H17BrN2O. The molecule has 1 aromatic heterocycles. The monoisotopic (exact) mass is 308 g/mol. The van der Waals surface area contributed by atoms with Gasteiger partial charge in [-0.1, -0.05) is 19.3 Å². The molecule has 0 saturated heterocycles. The Balaban J connectivity index is 1.99. The highest BCUT2D eigenvalue weighted by Gasteiger charge is 2.17. The lowest BCUT2D eigenvalue weighted by atomic mass is 9.96. The van der Waals surface area contributed by atoms with Gasteiger partial charge in [0, 0.05) is 17.6 Å². The second-order valence-corrected chi connectivity index (χ2v) is 5.80. The van der Waals surface area contributed by atoms with E-state index in [0.717, 1.165) is 15.7 Å². The van der Waals surface area contributed by atoms with E-state index >= 15 is 0 Å². The van der Waals surface area contributed by atoms with Gasteiger partial charge >= 0.3 is 0 Å². The second kappa shape index (κ2) is 4.92. The molecule has 1 aliphatic carbocycles. The number of benzene rings is 1. The van der Waals surface area contributed by atoms with E-state index in [0.29, 0.717) is 6.04 Å². The number of methoxy groups -OCH3 is 1. The van der Waals surface area contributed by atoms with Crippen LogP contribution in [0.5, 0.6) is 5.75 Å². The van der Waals surface area contributed by atoms with Gasteiger partial charge in [0.15, 0.2) is 0 Å². The summed E-state index contributed by atoms with van der Waals surface area (Å²) in [6.45, 7) is 0. The maximum Gasteiger partial charge on any atom is 0.135 e. The molecule has 1 heterocycles. The maximum absolute atomic E-state index is 5.31. The summed E-state index contributed by atoms with van der Waals surface area (Å²) in [6, 6.07) is 4.66. The zero-order chi connectivity index (χ0) is 12.5. The lowest BCUT2D eigenvalue weighted by Gasteiger charge is -2.21. The van der Waals surface area contributed by atoms with Gasteiger partial charge in [0.1, 0.15) is 5.75 Å². The Labute approximate surface area is 115 Å². The van der Waals surface area contributed by atoms with Crippen molar-refractivity contribution in [1.82, 2.24) is 9.78 Å². The average Bonchev–Trinajstić information content (AvgIpc) is 2.81. The van der Waals surface area contributed by atoms with Crippen molar-refractivity contribution in [3.05, 3.63) is 22.8 Å². The molecule has 0 unspecified atom stereocenters. The molecule has 0 amide bonds.